The van der Waals surface area contributed by atoms with Crippen molar-refractivity contribution in [3.63, 3.8) is 0 Å². The molecule has 1 saturated heterocycles. The Bertz CT molecular complexity index is 751. The van der Waals surface area contributed by atoms with Gasteiger partial charge in [-0.1, -0.05) is 0 Å². The Morgan fingerprint density at radius 2 is 2.00 bits per heavy atom. The molecule has 0 radical (unpaired) electrons. The first kappa shape index (κ1) is 17.5. The molecule has 1 aromatic heterocycles. The quantitative estimate of drug-likeness (QED) is 0.864. The fraction of sp³-hybridized carbons (Fsp3) is 0.571. The lowest BCUT2D eigenvalue weighted by Gasteiger charge is -2.19. The second kappa shape index (κ2) is 5.64. The van der Waals surface area contributed by atoms with Crippen LogP contribution in [0.25, 0.3) is 0 Å². The monoisotopic (exact) mass is 344 g/mol. The van der Waals surface area contributed by atoms with Gasteiger partial charge in [-0.15, -0.1) is 0 Å². The number of carbonyl (C=O) groups is 2. The average Bonchev–Trinajstić information content (AvgIpc) is 3.03. The Labute approximate surface area is 134 Å². The summed E-state index contributed by atoms with van der Waals surface area (Å²) in [5.74, 6) is -1.18. The van der Waals surface area contributed by atoms with Gasteiger partial charge in [0.15, 0.2) is 0 Å². The molecule has 2 heterocycles. The van der Waals surface area contributed by atoms with Gasteiger partial charge in [0, 0.05) is 33.3 Å². The minimum absolute atomic E-state index is 0.0849. The minimum Gasteiger partial charge on any atom is -0.481 e. The molecule has 1 fully saturated rings. The normalized spacial score (nSPS) is 21.9. The van der Waals surface area contributed by atoms with Crippen molar-refractivity contribution in [2.45, 2.75) is 25.4 Å². The van der Waals surface area contributed by atoms with Gasteiger partial charge in [-0.2, -0.15) is 0 Å². The van der Waals surface area contributed by atoms with E-state index in [1.807, 2.05) is 0 Å². The molecule has 2 rings (SSSR count). The maximum Gasteiger partial charge on any atom is 0.311 e. The van der Waals surface area contributed by atoms with Crippen LogP contribution in [0.5, 0.6) is 0 Å². The number of likely N-dealkylation sites (tertiary alicyclic amines) is 1. The van der Waals surface area contributed by atoms with Crippen molar-refractivity contribution in [3.8, 4) is 0 Å². The van der Waals surface area contributed by atoms with Gasteiger partial charge >= 0.3 is 5.97 Å². The maximum atomic E-state index is 12.6. The van der Waals surface area contributed by atoms with Gasteiger partial charge in [-0.25, -0.2) is 12.7 Å². The Kier molecular flexibility index (Phi) is 4.29. The SMILES string of the molecule is Cc1oc(S(=O)(=O)N(C)C)cc1C(=O)N1CCC(C)(C(=O)O)C1. The van der Waals surface area contributed by atoms with E-state index in [9.17, 15) is 23.1 Å². The van der Waals surface area contributed by atoms with Crippen molar-refractivity contribution in [1.29, 1.82) is 0 Å². The van der Waals surface area contributed by atoms with Crippen LogP contribution in [0, 0.1) is 12.3 Å². The smallest absolute Gasteiger partial charge is 0.311 e. The number of nitrogens with zero attached hydrogens (tertiary/aromatic N) is 2. The van der Waals surface area contributed by atoms with E-state index in [4.69, 9.17) is 4.42 Å². The number of sulfonamides is 1. The van der Waals surface area contributed by atoms with E-state index in [0.717, 1.165) is 4.31 Å². The van der Waals surface area contributed by atoms with Crippen LogP contribution in [-0.4, -0.2) is 61.8 Å². The number of furan rings is 1. The summed E-state index contributed by atoms with van der Waals surface area (Å²) < 4.78 is 30.4. The van der Waals surface area contributed by atoms with Crippen LogP contribution in [-0.2, 0) is 14.8 Å². The zero-order valence-electron chi connectivity index (χ0n) is 13.5. The van der Waals surface area contributed by atoms with E-state index in [0.29, 0.717) is 13.0 Å². The van der Waals surface area contributed by atoms with Gasteiger partial charge < -0.3 is 14.4 Å². The van der Waals surface area contributed by atoms with Crippen molar-refractivity contribution in [2.75, 3.05) is 27.2 Å². The molecule has 1 aliphatic rings. The van der Waals surface area contributed by atoms with Crippen LogP contribution < -0.4 is 0 Å². The van der Waals surface area contributed by atoms with Crippen LogP contribution in [0.15, 0.2) is 15.6 Å². The lowest BCUT2D eigenvalue weighted by atomic mass is 9.90. The zero-order valence-corrected chi connectivity index (χ0v) is 14.3. The van der Waals surface area contributed by atoms with Crippen LogP contribution in [0.3, 0.4) is 0 Å². The van der Waals surface area contributed by atoms with Crippen LogP contribution in [0.1, 0.15) is 29.5 Å². The predicted molar refractivity (Wildman–Crippen MR) is 80.6 cm³/mol. The second-order valence-electron chi connectivity index (χ2n) is 6.17. The van der Waals surface area contributed by atoms with Crippen molar-refractivity contribution in [2.24, 2.45) is 5.41 Å². The Hall–Kier alpha value is -1.87. The Balaban J connectivity index is 2.29. The number of carboxylic acid groups (broad SMARTS) is 1. The third-order valence-corrected chi connectivity index (χ3v) is 5.81. The standard InChI is InChI=1S/C14H20N2O6S/c1-9-10(7-11(22-9)23(20,21)15(3)4)12(17)16-6-5-14(2,8-16)13(18)19/h7H,5-6,8H2,1-4H3,(H,18,19). The molecule has 1 unspecified atom stereocenters. The molecule has 1 aromatic rings. The summed E-state index contributed by atoms with van der Waals surface area (Å²) in [4.78, 5) is 25.2. The molecule has 23 heavy (non-hydrogen) atoms. The topological polar surface area (TPSA) is 108 Å². The summed E-state index contributed by atoms with van der Waals surface area (Å²) in [6, 6.07) is 1.20. The number of hydrogen-bond donors (Lipinski definition) is 1. The van der Waals surface area contributed by atoms with Crippen LogP contribution in [0.4, 0.5) is 0 Å². The molecule has 0 aliphatic carbocycles. The van der Waals surface area contributed by atoms with E-state index in [1.54, 1.807) is 6.92 Å². The third-order valence-electron chi connectivity index (χ3n) is 4.14. The number of carbonyl (C=O) groups excluding carboxylic acids is 1. The first-order valence-electron chi connectivity index (χ1n) is 7.05. The summed E-state index contributed by atoms with van der Waals surface area (Å²) >= 11 is 0. The number of carboxylic acids is 1. The molecule has 0 spiro atoms. The lowest BCUT2D eigenvalue weighted by Crippen LogP contribution is -2.35. The number of hydrogen-bond acceptors (Lipinski definition) is 5. The highest BCUT2D eigenvalue weighted by Gasteiger charge is 2.43. The van der Waals surface area contributed by atoms with Gasteiger partial charge in [-0.05, 0) is 20.3 Å². The van der Waals surface area contributed by atoms with E-state index in [1.165, 1.54) is 32.0 Å². The molecule has 128 valence electrons. The zero-order chi connectivity index (χ0) is 17.6. The molecular formula is C14H20N2O6S. The number of aryl methyl sites for hydroxylation is 1. The highest BCUT2D eigenvalue weighted by molar-refractivity contribution is 7.88. The summed E-state index contributed by atoms with van der Waals surface area (Å²) in [6.45, 7) is 3.49. The minimum atomic E-state index is -3.77. The molecule has 1 N–H and O–H groups in total. The van der Waals surface area contributed by atoms with E-state index in [-0.39, 0.29) is 23.0 Å². The van der Waals surface area contributed by atoms with Gasteiger partial charge in [0.25, 0.3) is 15.9 Å². The summed E-state index contributed by atoms with van der Waals surface area (Å²) in [5, 5.41) is 8.93. The largest absolute Gasteiger partial charge is 0.481 e. The molecule has 1 aliphatic heterocycles. The van der Waals surface area contributed by atoms with Gasteiger partial charge in [-0.3, -0.25) is 9.59 Å². The van der Waals surface area contributed by atoms with Crippen LogP contribution >= 0.6 is 0 Å². The van der Waals surface area contributed by atoms with Crippen molar-refractivity contribution in [1.82, 2.24) is 9.21 Å². The number of aliphatic carboxylic acids is 1. The summed E-state index contributed by atoms with van der Waals surface area (Å²) in [6.07, 6.45) is 0.355. The predicted octanol–water partition coefficient (Wildman–Crippen LogP) is 0.775. The van der Waals surface area contributed by atoms with E-state index < -0.39 is 27.3 Å². The Morgan fingerprint density at radius 3 is 2.48 bits per heavy atom. The molecule has 0 bridgehead atoms. The average molecular weight is 344 g/mol. The fourth-order valence-corrected chi connectivity index (χ4v) is 3.31. The molecule has 1 atom stereocenters. The van der Waals surface area contributed by atoms with Crippen LogP contribution in [0.2, 0.25) is 0 Å². The lowest BCUT2D eigenvalue weighted by molar-refractivity contribution is -0.147. The number of amides is 1. The molecule has 0 saturated carbocycles. The molecule has 0 aromatic carbocycles. The van der Waals surface area contributed by atoms with Crippen molar-refractivity contribution >= 4 is 21.9 Å². The second-order valence-corrected chi connectivity index (χ2v) is 8.25. The van der Waals surface area contributed by atoms with Gasteiger partial charge in [0.1, 0.15) is 5.76 Å². The first-order valence-corrected chi connectivity index (χ1v) is 8.49. The Morgan fingerprint density at radius 1 is 1.39 bits per heavy atom. The summed E-state index contributed by atoms with van der Waals surface area (Å²) in [5.41, 5.74) is -0.841. The summed E-state index contributed by atoms with van der Waals surface area (Å²) in [7, 11) is -1.03. The number of rotatable bonds is 4. The maximum absolute atomic E-state index is 12.6. The molecule has 1 amide bonds. The molecule has 8 nitrogen and oxygen atoms in total. The van der Waals surface area contributed by atoms with E-state index >= 15 is 0 Å². The highest BCUT2D eigenvalue weighted by atomic mass is 32.2. The highest BCUT2D eigenvalue weighted by Crippen LogP contribution is 2.32. The third kappa shape index (κ3) is 2.98. The fourth-order valence-electron chi connectivity index (χ4n) is 2.45. The van der Waals surface area contributed by atoms with Gasteiger partial charge in [0.2, 0.25) is 5.09 Å². The first-order chi connectivity index (χ1) is 10.5. The van der Waals surface area contributed by atoms with Crippen molar-refractivity contribution in [3.05, 3.63) is 17.4 Å². The van der Waals surface area contributed by atoms with E-state index in [2.05, 4.69) is 0 Å². The molecule has 9 heteroatoms. The van der Waals surface area contributed by atoms with Crippen molar-refractivity contribution < 1.29 is 27.5 Å². The van der Waals surface area contributed by atoms with Gasteiger partial charge in [0.05, 0.1) is 11.0 Å². The molecular weight excluding hydrogens is 324 g/mol.